The second kappa shape index (κ2) is 8.79. The monoisotopic (exact) mass is 469 g/mol. The summed E-state index contributed by atoms with van der Waals surface area (Å²) in [6.45, 7) is 0.597. The third kappa shape index (κ3) is 4.22. The van der Waals surface area contributed by atoms with E-state index in [-0.39, 0.29) is 35.9 Å². The molecule has 0 bridgehead atoms. The van der Waals surface area contributed by atoms with Crippen molar-refractivity contribution in [3.63, 3.8) is 0 Å². The van der Waals surface area contributed by atoms with Crippen LogP contribution in [0.25, 0.3) is 0 Å². The molecule has 2 aromatic rings. The molecule has 2 aliphatic heterocycles. The lowest BCUT2D eigenvalue weighted by molar-refractivity contribution is -0.125. The van der Waals surface area contributed by atoms with Crippen molar-refractivity contribution >= 4 is 27.5 Å². The number of benzene rings is 2. The van der Waals surface area contributed by atoms with Crippen molar-refractivity contribution in [2.75, 3.05) is 31.1 Å². The highest BCUT2D eigenvalue weighted by Gasteiger charge is 2.33. The number of fused-ring (bicyclic) bond motifs is 2. The van der Waals surface area contributed by atoms with Crippen LogP contribution in [-0.4, -0.2) is 50.8 Å². The molecule has 0 aromatic heterocycles. The fraction of sp³-hybridized carbons (Fsp3) is 0.417. The Labute approximate surface area is 193 Å². The molecular formula is C24H27N3O5S. The number of nitrogens with zero attached hydrogens (tertiary/aromatic N) is 2. The predicted molar refractivity (Wildman–Crippen MR) is 123 cm³/mol. The molecule has 1 N–H and O–H groups in total. The van der Waals surface area contributed by atoms with Crippen molar-refractivity contribution in [2.24, 2.45) is 0 Å². The van der Waals surface area contributed by atoms with E-state index >= 15 is 0 Å². The zero-order chi connectivity index (χ0) is 23.0. The number of hydrogen-bond donors (Lipinski definition) is 1. The summed E-state index contributed by atoms with van der Waals surface area (Å²) in [6.07, 6.45) is 4.49. The van der Waals surface area contributed by atoms with Crippen LogP contribution in [0.2, 0.25) is 0 Å². The number of hydrogen-bond acceptors (Lipinski definition) is 5. The van der Waals surface area contributed by atoms with Crippen molar-refractivity contribution in [1.29, 1.82) is 0 Å². The lowest BCUT2D eigenvalue weighted by Gasteiger charge is -2.31. The predicted octanol–water partition coefficient (Wildman–Crippen LogP) is 2.39. The molecule has 1 atom stereocenters. The molecule has 9 heteroatoms. The molecule has 174 valence electrons. The number of rotatable bonds is 5. The summed E-state index contributed by atoms with van der Waals surface area (Å²) in [5, 5.41) is 3.06. The van der Waals surface area contributed by atoms with Crippen molar-refractivity contribution in [2.45, 2.75) is 43.0 Å². The molecule has 1 aliphatic carbocycles. The molecule has 5 rings (SSSR count). The zero-order valence-electron chi connectivity index (χ0n) is 18.3. The van der Waals surface area contributed by atoms with Gasteiger partial charge in [-0.3, -0.25) is 14.5 Å². The molecule has 33 heavy (non-hydrogen) atoms. The Balaban J connectivity index is 1.37. The molecule has 8 nitrogen and oxygen atoms in total. The Morgan fingerprint density at radius 3 is 2.70 bits per heavy atom. The van der Waals surface area contributed by atoms with Crippen molar-refractivity contribution in [3.8, 4) is 5.75 Å². The van der Waals surface area contributed by atoms with Crippen LogP contribution in [0.4, 0.5) is 5.69 Å². The van der Waals surface area contributed by atoms with Crippen LogP contribution < -0.4 is 15.0 Å². The summed E-state index contributed by atoms with van der Waals surface area (Å²) < 4.78 is 33.0. The van der Waals surface area contributed by atoms with Gasteiger partial charge in [0, 0.05) is 13.1 Å². The average molecular weight is 470 g/mol. The highest BCUT2D eigenvalue weighted by Crippen LogP contribution is 2.36. The maximum absolute atomic E-state index is 13.0. The Kier molecular flexibility index (Phi) is 5.84. The number of aryl methyl sites for hydroxylation is 1. The quantitative estimate of drug-likeness (QED) is 0.726. The molecule has 2 amide bonds. The largest absolute Gasteiger partial charge is 0.482 e. The van der Waals surface area contributed by atoms with Crippen molar-refractivity contribution in [3.05, 3.63) is 53.6 Å². The van der Waals surface area contributed by atoms with Crippen LogP contribution >= 0.6 is 0 Å². The summed E-state index contributed by atoms with van der Waals surface area (Å²) in [5.74, 6) is -0.270. The smallest absolute Gasteiger partial charge is 0.265 e. The molecule has 0 spiro atoms. The molecule has 1 saturated heterocycles. The van der Waals surface area contributed by atoms with Crippen LogP contribution in [0.5, 0.6) is 5.75 Å². The SMILES string of the molecule is O=C(CN1C(=O)COc2ccc(S(=O)(=O)N3CCCC3)cc21)N[C@@H]1CCCc2ccccc21. The third-order valence-electron chi connectivity index (χ3n) is 6.58. The Hall–Kier alpha value is -2.91. The molecule has 0 saturated carbocycles. The number of amides is 2. The van der Waals surface area contributed by atoms with Gasteiger partial charge < -0.3 is 10.1 Å². The Morgan fingerprint density at radius 2 is 1.88 bits per heavy atom. The summed E-state index contributed by atoms with van der Waals surface area (Å²) >= 11 is 0. The zero-order valence-corrected chi connectivity index (χ0v) is 19.1. The van der Waals surface area contributed by atoms with E-state index in [1.165, 1.54) is 26.9 Å². The molecule has 2 heterocycles. The number of ether oxygens (including phenoxy) is 1. The number of carbonyl (C=O) groups is 2. The minimum absolute atomic E-state index is 0.0973. The van der Waals surface area contributed by atoms with Crippen molar-refractivity contribution in [1.82, 2.24) is 9.62 Å². The summed E-state index contributed by atoms with van der Waals surface area (Å²) in [6, 6.07) is 12.5. The van der Waals surface area contributed by atoms with Crippen LogP contribution in [0.3, 0.4) is 0 Å². The van der Waals surface area contributed by atoms with Crippen LogP contribution in [0.1, 0.15) is 42.9 Å². The van der Waals surface area contributed by atoms with E-state index in [9.17, 15) is 18.0 Å². The van der Waals surface area contributed by atoms with E-state index < -0.39 is 10.0 Å². The minimum Gasteiger partial charge on any atom is -0.482 e. The van der Waals surface area contributed by atoms with Gasteiger partial charge in [0.1, 0.15) is 12.3 Å². The standard InChI is InChI=1S/C24H27N3O5S/c28-23(25-20-9-5-7-17-6-1-2-8-19(17)20)15-27-21-14-18(10-11-22(21)32-16-24(27)29)33(30,31)26-12-3-4-13-26/h1-2,6,8,10-11,14,20H,3-5,7,9,12-13,15-16H2,(H,25,28)/t20-/m1/s1. The van der Waals surface area contributed by atoms with Gasteiger partial charge in [0.15, 0.2) is 6.61 Å². The lowest BCUT2D eigenvalue weighted by Crippen LogP contribution is -2.46. The van der Waals surface area contributed by atoms with Crippen LogP contribution in [0.15, 0.2) is 47.4 Å². The molecule has 1 fully saturated rings. The first-order valence-corrected chi connectivity index (χ1v) is 12.8. The van der Waals surface area contributed by atoms with E-state index in [0.717, 1.165) is 37.7 Å². The van der Waals surface area contributed by atoms with E-state index in [4.69, 9.17) is 4.74 Å². The van der Waals surface area contributed by atoms with Gasteiger partial charge in [-0.05, 0) is 61.4 Å². The Morgan fingerprint density at radius 1 is 1.09 bits per heavy atom. The molecule has 2 aromatic carbocycles. The molecule has 3 aliphatic rings. The lowest BCUT2D eigenvalue weighted by atomic mass is 9.88. The van der Waals surface area contributed by atoms with Gasteiger partial charge in [-0.2, -0.15) is 4.31 Å². The van der Waals surface area contributed by atoms with Crippen LogP contribution in [-0.2, 0) is 26.0 Å². The fourth-order valence-corrected chi connectivity index (χ4v) is 6.42. The summed E-state index contributed by atoms with van der Waals surface area (Å²) in [5.41, 5.74) is 2.66. The van der Waals surface area contributed by atoms with Gasteiger partial charge in [0.2, 0.25) is 15.9 Å². The fourth-order valence-electron chi connectivity index (χ4n) is 4.88. The molecule has 0 unspecified atom stereocenters. The normalized spacial score (nSPS) is 20.7. The highest BCUT2D eigenvalue weighted by molar-refractivity contribution is 7.89. The molecule has 0 radical (unpaired) electrons. The maximum atomic E-state index is 13.0. The minimum atomic E-state index is -3.66. The Bertz CT molecular complexity index is 1190. The highest BCUT2D eigenvalue weighted by atomic mass is 32.2. The number of carbonyl (C=O) groups excluding carboxylic acids is 2. The van der Waals surface area contributed by atoms with Gasteiger partial charge in [-0.15, -0.1) is 0 Å². The number of nitrogens with one attached hydrogen (secondary N) is 1. The van der Waals surface area contributed by atoms with Gasteiger partial charge >= 0.3 is 0 Å². The first-order chi connectivity index (χ1) is 15.9. The first-order valence-electron chi connectivity index (χ1n) is 11.4. The van der Waals surface area contributed by atoms with Gasteiger partial charge in [0.25, 0.3) is 5.91 Å². The van der Waals surface area contributed by atoms with Gasteiger partial charge in [-0.25, -0.2) is 8.42 Å². The van der Waals surface area contributed by atoms with E-state index in [2.05, 4.69) is 11.4 Å². The maximum Gasteiger partial charge on any atom is 0.265 e. The topological polar surface area (TPSA) is 96.0 Å². The van der Waals surface area contributed by atoms with Gasteiger partial charge in [-0.1, -0.05) is 24.3 Å². The number of sulfonamides is 1. The second-order valence-electron chi connectivity index (χ2n) is 8.72. The first kappa shape index (κ1) is 21.9. The second-order valence-corrected chi connectivity index (χ2v) is 10.7. The average Bonchev–Trinajstić information content (AvgIpc) is 3.37. The third-order valence-corrected chi connectivity index (χ3v) is 8.48. The molecular weight excluding hydrogens is 442 g/mol. The summed E-state index contributed by atoms with van der Waals surface area (Å²) in [4.78, 5) is 27.1. The van der Waals surface area contributed by atoms with E-state index in [0.29, 0.717) is 24.5 Å². The van der Waals surface area contributed by atoms with E-state index in [1.807, 2.05) is 18.2 Å². The summed E-state index contributed by atoms with van der Waals surface area (Å²) in [7, 11) is -3.66. The van der Waals surface area contributed by atoms with Crippen LogP contribution in [0, 0.1) is 0 Å². The van der Waals surface area contributed by atoms with Gasteiger partial charge in [0.05, 0.1) is 16.6 Å². The van der Waals surface area contributed by atoms with E-state index in [1.54, 1.807) is 6.07 Å². The number of anilines is 1. The van der Waals surface area contributed by atoms with Crippen molar-refractivity contribution < 1.29 is 22.7 Å².